The van der Waals surface area contributed by atoms with Crippen LogP contribution in [0.3, 0.4) is 0 Å². The molecule has 146 valence electrons. The van der Waals surface area contributed by atoms with Gasteiger partial charge in [0.25, 0.3) is 0 Å². The maximum absolute atomic E-state index is 12.1. The molecule has 0 aliphatic rings. The summed E-state index contributed by atoms with van der Waals surface area (Å²) >= 11 is 1.42. The summed E-state index contributed by atoms with van der Waals surface area (Å²) in [5, 5.41) is 6.72. The Hall–Kier alpha value is -2.75. The number of hydrogen-bond acceptors (Lipinski definition) is 7. The fourth-order valence-electron chi connectivity index (χ4n) is 2.32. The second kappa shape index (κ2) is 8.51. The smallest absolute Gasteiger partial charge is 0.242 e. The largest absolute Gasteiger partial charge is 0.497 e. The van der Waals surface area contributed by atoms with Crippen molar-refractivity contribution in [2.24, 2.45) is 5.10 Å². The third kappa shape index (κ3) is 4.56. The lowest BCUT2D eigenvalue weighted by Crippen LogP contribution is -2.22. The minimum absolute atomic E-state index is 0.249. The number of ether oxygens (including phenoxy) is 1. The molecule has 1 heterocycles. The van der Waals surface area contributed by atoms with Crippen LogP contribution in [-0.4, -0.2) is 45.1 Å². The number of nitrogens with one attached hydrogen (secondary N) is 1. The van der Waals surface area contributed by atoms with Gasteiger partial charge in [-0.25, -0.2) is 17.7 Å². The Morgan fingerprint density at radius 2 is 1.79 bits per heavy atom. The highest BCUT2D eigenvalue weighted by Gasteiger charge is 2.17. The van der Waals surface area contributed by atoms with Crippen LogP contribution in [0.15, 0.2) is 63.9 Å². The number of anilines is 1. The van der Waals surface area contributed by atoms with Gasteiger partial charge in [-0.3, -0.25) is 5.43 Å². The molecule has 1 N–H and O–H groups in total. The number of thiazole rings is 1. The summed E-state index contributed by atoms with van der Waals surface area (Å²) in [7, 11) is 1.20. The molecule has 3 rings (SSSR count). The van der Waals surface area contributed by atoms with Gasteiger partial charge in [-0.2, -0.15) is 5.10 Å². The van der Waals surface area contributed by atoms with Gasteiger partial charge in [-0.05, 0) is 42.0 Å². The quantitative estimate of drug-likeness (QED) is 0.471. The number of methoxy groups -OCH3 is 1. The van der Waals surface area contributed by atoms with Crippen molar-refractivity contribution in [2.75, 3.05) is 26.6 Å². The van der Waals surface area contributed by atoms with Crippen LogP contribution < -0.4 is 10.2 Å². The van der Waals surface area contributed by atoms with E-state index >= 15 is 0 Å². The number of aromatic nitrogens is 1. The molecule has 2 aromatic carbocycles. The summed E-state index contributed by atoms with van der Waals surface area (Å²) in [4.78, 5) is 4.73. The number of sulfonamides is 1. The van der Waals surface area contributed by atoms with Crippen LogP contribution in [0.4, 0.5) is 5.13 Å². The molecule has 0 aliphatic heterocycles. The highest BCUT2D eigenvalue weighted by Crippen LogP contribution is 2.26. The molecule has 9 heteroatoms. The second-order valence-corrected chi connectivity index (χ2v) is 9.00. The van der Waals surface area contributed by atoms with Gasteiger partial charge in [0.15, 0.2) is 0 Å². The van der Waals surface area contributed by atoms with E-state index in [0.29, 0.717) is 5.13 Å². The van der Waals surface area contributed by atoms with Crippen molar-refractivity contribution in [1.82, 2.24) is 9.29 Å². The van der Waals surface area contributed by atoms with Gasteiger partial charge in [0, 0.05) is 25.0 Å². The van der Waals surface area contributed by atoms with E-state index in [-0.39, 0.29) is 4.90 Å². The van der Waals surface area contributed by atoms with Crippen molar-refractivity contribution in [1.29, 1.82) is 0 Å². The Kier molecular flexibility index (Phi) is 6.08. The molecule has 28 heavy (non-hydrogen) atoms. The first-order valence-electron chi connectivity index (χ1n) is 8.32. The van der Waals surface area contributed by atoms with Crippen molar-refractivity contribution in [3.05, 3.63) is 59.5 Å². The molecule has 0 spiro atoms. The topological polar surface area (TPSA) is 83.9 Å². The fourth-order valence-corrected chi connectivity index (χ4v) is 3.89. The Bertz CT molecular complexity index is 1060. The SMILES string of the molecule is COc1ccc(/C=N\Nc2nc(-c3ccc(S(=O)(=O)N(C)C)cc3)cs2)cc1. The van der Waals surface area contributed by atoms with Crippen molar-refractivity contribution in [3.8, 4) is 17.0 Å². The van der Waals surface area contributed by atoms with E-state index < -0.39 is 10.0 Å². The normalized spacial score (nSPS) is 11.9. The molecule has 0 amide bonds. The van der Waals surface area contributed by atoms with E-state index in [4.69, 9.17) is 4.74 Å². The van der Waals surface area contributed by atoms with Gasteiger partial charge in [-0.15, -0.1) is 11.3 Å². The van der Waals surface area contributed by atoms with Gasteiger partial charge < -0.3 is 4.74 Å². The van der Waals surface area contributed by atoms with Crippen LogP contribution in [0, 0.1) is 0 Å². The number of hydrogen-bond donors (Lipinski definition) is 1. The minimum atomic E-state index is -3.44. The van der Waals surface area contributed by atoms with Gasteiger partial charge in [-0.1, -0.05) is 12.1 Å². The van der Waals surface area contributed by atoms with E-state index in [2.05, 4.69) is 15.5 Å². The number of hydrazone groups is 1. The summed E-state index contributed by atoms with van der Waals surface area (Å²) < 4.78 is 30.6. The first kappa shape index (κ1) is 20.0. The van der Waals surface area contributed by atoms with Crippen LogP contribution >= 0.6 is 11.3 Å². The molecule has 1 aromatic heterocycles. The Balaban J connectivity index is 1.67. The van der Waals surface area contributed by atoms with Crippen LogP contribution in [0.25, 0.3) is 11.3 Å². The average molecular weight is 417 g/mol. The molecule has 3 aromatic rings. The van der Waals surface area contributed by atoms with Gasteiger partial charge in [0.2, 0.25) is 15.2 Å². The third-order valence-electron chi connectivity index (χ3n) is 3.92. The lowest BCUT2D eigenvalue weighted by molar-refractivity contribution is 0.415. The van der Waals surface area contributed by atoms with E-state index in [0.717, 1.165) is 22.6 Å². The summed E-state index contributed by atoms with van der Waals surface area (Å²) in [5.41, 5.74) is 5.42. The number of nitrogens with zero attached hydrogens (tertiary/aromatic N) is 3. The Labute approximate surface area is 168 Å². The highest BCUT2D eigenvalue weighted by atomic mass is 32.2. The minimum Gasteiger partial charge on any atom is -0.497 e. The summed E-state index contributed by atoms with van der Waals surface area (Å²) in [6.07, 6.45) is 1.70. The highest BCUT2D eigenvalue weighted by molar-refractivity contribution is 7.89. The van der Waals surface area contributed by atoms with Crippen molar-refractivity contribution in [3.63, 3.8) is 0 Å². The second-order valence-electron chi connectivity index (χ2n) is 5.99. The Morgan fingerprint density at radius 3 is 2.39 bits per heavy atom. The van der Waals surface area contributed by atoms with Crippen LogP contribution in [0.5, 0.6) is 5.75 Å². The lowest BCUT2D eigenvalue weighted by atomic mass is 10.2. The van der Waals surface area contributed by atoms with Crippen LogP contribution in [-0.2, 0) is 10.0 Å². The van der Waals surface area contributed by atoms with E-state index in [1.807, 2.05) is 29.6 Å². The standard InChI is InChI=1S/C19H20N4O3S2/c1-23(2)28(24,25)17-10-6-15(7-11-17)18-13-27-19(21-18)22-20-12-14-4-8-16(26-3)9-5-14/h4-13H,1-3H3,(H,21,22)/b20-12-. The molecule has 0 saturated heterocycles. The summed E-state index contributed by atoms with van der Waals surface area (Å²) in [6, 6.07) is 14.2. The molecule has 7 nitrogen and oxygen atoms in total. The van der Waals surface area contributed by atoms with Gasteiger partial charge in [0.1, 0.15) is 5.75 Å². The zero-order chi connectivity index (χ0) is 20.1. The van der Waals surface area contributed by atoms with Crippen LogP contribution in [0.1, 0.15) is 5.56 Å². The van der Waals surface area contributed by atoms with Crippen molar-refractivity contribution in [2.45, 2.75) is 4.90 Å². The van der Waals surface area contributed by atoms with E-state index in [9.17, 15) is 8.42 Å². The molecule has 0 atom stereocenters. The molecule has 0 radical (unpaired) electrons. The Morgan fingerprint density at radius 1 is 1.11 bits per heavy atom. The van der Waals surface area contributed by atoms with Crippen molar-refractivity contribution >= 4 is 32.7 Å². The van der Waals surface area contributed by atoms with E-state index in [1.54, 1.807) is 37.6 Å². The average Bonchev–Trinajstić information content (AvgIpc) is 3.17. The summed E-state index contributed by atoms with van der Waals surface area (Å²) in [6.45, 7) is 0. The summed E-state index contributed by atoms with van der Waals surface area (Å²) in [5.74, 6) is 0.791. The first-order valence-corrected chi connectivity index (χ1v) is 10.6. The lowest BCUT2D eigenvalue weighted by Gasteiger charge is -2.11. The fraction of sp³-hybridized carbons (Fsp3) is 0.158. The van der Waals surface area contributed by atoms with Gasteiger partial charge in [0.05, 0.1) is 23.9 Å². The monoisotopic (exact) mass is 416 g/mol. The first-order chi connectivity index (χ1) is 13.4. The predicted molar refractivity (Wildman–Crippen MR) is 113 cm³/mol. The molecular formula is C19H20N4O3S2. The van der Waals surface area contributed by atoms with Crippen LogP contribution in [0.2, 0.25) is 0 Å². The molecule has 0 aliphatic carbocycles. The number of rotatable bonds is 7. The number of benzene rings is 2. The maximum Gasteiger partial charge on any atom is 0.242 e. The zero-order valence-corrected chi connectivity index (χ0v) is 17.3. The molecule has 0 saturated carbocycles. The third-order valence-corrected chi connectivity index (χ3v) is 6.50. The van der Waals surface area contributed by atoms with Crippen molar-refractivity contribution < 1.29 is 13.2 Å². The molecule has 0 fully saturated rings. The maximum atomic E-state index is 12.1. The molecule has 0 unspecified atom stereocenters. The van der Waals surface area contributed by atoms with Gasteiger partial charge >= 0.3 is 0 Å². The zero-order valence-electron chi connectivity index (χ0n) is 15.7. The predicted octanol–water partition coefficient (Wildman–Crippen LogP) is 3.52. The molecule has 0 bridgehead atoms. The molecular weight excluding hydrogens is 396 g/mol. The van der Waals surface area contributed by atoms with E-state index in [1.165, 1.54) is 29.7 Å².